The van der Waals surface area contributed by atoms with Crippen molar-refractivity contribution in [3.8, 4) is 5.75 Å². The molecule has 1 rings (SSSR count). The maximum atomic E-state index is 12.4. The zero-order chi connectivity index (χ0) is 15.7. The van der Waals surface area contributed by atoms with Gasteiger partial charge in [0.25, 0.3) is 0 Å². The lowest BCUT2D eigenvalue weighted by atomic mass is 10.2. The smallest absolute Gasteiger partial charge is 0.387 e. The minimum absolute atomic E-state index is 0.153. The zero-order valence-electron chi connectivity index (χ0n) is 11.8. The molecule has 0 radical (unpaired) electrons. The number of guanidine groups is 1. The lowest BCUT2D eigenvalue weighted by Crippen LogP contribution is -2.38. The summed E-state index contributed by atoms with van der Waals surface area (Å²) < 4.78 is 30.1. The predicted molar refractivity (Wildman–Crippen MR) is 87.4 cm³/mol. The molecule has 1 aromatic carbocycles. The Hall–Kier alpha value is -1.02. The number of halogens is 3. The third kappa shape index (κ3) is 6.99. The van der Waals surface area contributed by atoms with Crippen molar-refractivity contribution >= 4 is 33.7 Å². The largest absolute Gasteiger partial charge is 0.434 e. The minimum Gasteiger partial charge on any atom is -0.434 e. The van der Waals surface area contributed by atoms with Crippen molar-refractivity contribution < 1.29 is 13.5 Å². The van der Waals surface area contributed by atoms with Gasteiger partial charge in [-0.1, -0.05) is 15.9 Å². The highest BCUT2D eigenvalue weighted by atomic mass is 79.9. The number of alkyl halides is 2. The molecule has 2 N–H and O–H groups in total. The molecule has 0 unspecified atom stereocenters. The van der Waals surface area contributed by atoms with Gasteiger partial charge in [-0.05, 0) is 24.5 Å². The van der Waals surface area contributed by atoms with E-state index in [1.807, 2.05) is 6.26 Å². The van der Waals surface area contributed by atoms with Crippen molar-refractivity contribution in [1.82, 2.24) is 10.6 Å². The molecule has 0 spiro atoms. The van der Waals surface area contributed by atoms with Gasteiger partial charge in [-0.15, -0.1) is 0 Å². The highest BCUT2D eigenvalue weighted by Gasteiger charge is 2.10. The van der Waals surface area contributed by atoms with Crippen molar-refractivity contribution in [2.75, 3.05) is 25.6 Å². The maximum Gasteiger partial charge on any atom is 0.387 e. The summed E-state index contributed by atoms with van der Waals surface area (Å²) in [7, 11) is 1.66. The summed E-state index contributed by atoms with van der Waals surface area (Å²) in [6.45, 7) is -1.73. The molecule has 4 nitrogen and oxygen atoms in total. The Kier molecular flexibility index (Phi) is 8.44. The molecule has 0 saturated carbocycles. The molecule has 0 fully saturated rings. The van der Waals surface area contributed by atoms with Crippen LogP contribution in [-0.4, -0.2) is 38.2 Å². The first kappa shape index (κ1) is 18.0. The van der Waals surface area contributed by atoms with Gasteiger partial charge in [-0.3, -0.25) is 4.99 Å². The summed E-state index contributed by atoms with van der Waals surface area (Å²) in [6, 6.07) is 4.91. The van der Waals surface area contributed by atoms with Gasteiger partial charge in [0.1, 0.15) is 5.75 Å². The van der Waals surface area contributed by atoms with Gasteiger partial charge in [0, 0.05) is 35.9 Å². The molecule has 0 aromatic heterocycles. The van der Waals surface area contributed by atoms with E-state index in [9.17, 15) is 8.78 Å². The first-order valence-electron chi connectivity index (χ1n) is 6.23. The van der Waals surface area contributed by atoms with Crippen LogP contribution in [0.1, 0.15) is 5.56 Å². The quantitative estimate of drug-likeness (QED) is 0.432. The SMILES string of the molecule is CN=C(NCCSC)NCc1cc(Br)ccc1OC(F)F. The highest BCUT2D eigenvalue weighted by Crippen LogP contribution is 2.24. The number of nitrogens with zero attached hydrogens (tertiary/aromatic N) is 1. The first-order valence-corrected chi connectivity index (χ1v) is 8.42. The topological polar surface area (TPSA) is 45.7 Å². The van der Waals surface area contributed by atoms with Crippen LogP contribution in [0, 0.1) is 0 Å². The van der Waals surface area contributed by atoms with Crippen molar-refractivity contribution in [2.24, 2.45) is 4.99 Å². The number of rotatable bonds is 7. The molecular weight excluding hydrogens is 364 g/mol. The molecule has 8 heteroatoms. The number of hydrogen-bond acceptors (Lipinski definition) is 3. The summed E-state index contributed by atoms with van der Waals surface area (Å²) >= 11 is 5.04. The second kappa shape index (κ2) is 9.83. The van der Waals surface area contributed by atoms with E-state index in [2.05, 4.69) is 36.3 Å². The van der Waals surface area contributed by atoms with Crippen LogP contribution in [0.15, 0.2) is 27.7 Å². The van der Waals surface area contributed by atoms with Crippen LogP contribution in [-0.2, 0) is 6.54 Å². The third-order valence-electron chi connectivity index (χ3n) is 2.51. The monoisotopic (exact) mass is 381 g/mol. The Balaban J connectivity index is 2.66. The van der Waals surface area contributed by atoms with Gasteiger partial charge in [0.05, 0.1) is 0 Å². The molecule has 1 aromatic rings. The molecule has 0 aliphatic carbocycles. The number of aliphatic imine (C=N–C) groups is 1. The highest BCUT2D eigenvalue weighted by molar-refractivity contribution is 9.10. The van der Waals surface area contributed by atoms with Crippen LogP contribution in [0.25, 0.3) is 0 Å². The lowest BCUT2D eigenvalue weighted by molar-refractivity contribution is -0.0504. The zero-order valence-corrected chi connectivity index (χ0v) is 14.2. The van der Waals surface area contributed by atoms with Crippen LogP contribution in [0.4, 0.5) is 8.78 Å². The average molecular weight is 382 g/mol. The fourth-order valence-corrected chi connectivity index (χ4v) is 2.28. The predicted octanol–water partition coefficient (Wildman–Crippen LogP) is 3.08. The standard InChI is InChI=1S/C13H18BrF2N3OS/c1-17-13(18-5-6-21-2)19-8-9-7-10(14)3-4-11(9)20-12(15)16/h3-4,7,12H,5-6,8H2,1-2H3,(H2,17,18,19). The van der Waals surface area contributed by atoms with Gasteiger partial charge in [-0.2, -0.15) is 20.5 Å². The second-order valence-corrected chi connectivity index (χ2v) is 5.88. The molecule has 0 aliphatic rings. The van der Waals surface area contributed by atoms with Crippen LogP contribution < -0.4 is 15.4 Å². The number of ether oxygens (including phenoxy) is 1. The average Bonchev–Trinajstić information content (AvgIpc) is 2.44. The van der Waals surface area contributed by atoms with Crippen LogP contribution >= 0.6 is 27.7 Å². The summed E-state index contributed by atoms with van der Waals surface area (Å²) in [6.07, 6.45) is 2.02. The molecular formula is C13H18BrF2N3OS. The van der Waals surface area contributed by atoms with Crippen LogP contribution in [0.5, 0.6) is 5.75 Å². The Morgan fingerprint density at radius 2 is 2.19 bits per heavy atom. The van der Waals surface area contributed by atoms with Crippen molar-refractivity contribution in [1.29, 1.82) is 0 Å². The number of benzene rings is 1. The molecule has 0 atom stereocenters. The van der Waals surface area contributed by atoms with Gasteiger partial charge in [-0.25, -0.2) is 0 Å². The maximum absolute atomic E-state index is 12.4. The summed E-state index contributed by atoms with van der Waals surface area (Å²) in [5.41, 5.74) is 0.623. The van der Waals surface area contributed by atoms with Crippen molar-refractivity contribution in [3.05, 3.63) is 28.2 Å². The summed E-state index contributed by atoms with van der Waals surface area (Å²) in [4.78, 5) is 4.07. The van der Waals surface area contributed by atoms with Crippen molar-refractivity contribution in [2.45, 2.75) is 13.2 Å². The lowest BCUT2D eigenvalue weighted by Gasteiger charge is -2.14. The molecule has 0 bridgehead atoms. The number of nitrogens with one attached hydrogen (secondary N) is 2. The molecule has 0 saturated heterocycles. The molecule has 21 heavy (non-hydrogen) atoms. The van der Waals surface area contributed by atoms with Gasteiger partial charge < -0.3 is 15.4 Å². The van der Waals surface area contributed by atoms with Gasteiger partial charge in [0.15, 0.2) is 5.96 Å². The summed E-state index contributed by atoms with van der Waals surface area (Å²) in [5, 5.41) is 6.20. The van der Waals surface area contributed by atoms with E-state index in [0.29, 0.717) is 18.1 Å². The first-order chi connectivity index (χ1) is 10.1. The Bertz CT molecular complexity index is 475. The van der Waals surface area contributed by atoms with Crippen molar-refractivity contribution in [3.63, 3.8) is 0 Å². The molecule has 0 heterocycles. The molecule has 118 valence electrons. The fourth-order valence-electron chi connectivity index (χ4n) is 1.57. The molecule has 0 amide bonds. The third-order valence-corrected chi connectivity index (χ3v) is 3.61. The Morgan fingerprint density at radius 1 is 1.43 bits per heavy atom. The normalized spacial score (nSPS) is 11.6. The van der Waals surface area contributed by atoms with E-state index >= 15 is 0 Å². The Morgan fingerprint density at radius 3 is 2.81 bits per heavy atom. The second-order valence-electron chi connectivity index (χ2n) is 3.98. The number of thioether (sulfide) groups is 1. The number of hydrogen-bond donors (Lipinski definition) is 2. The van der Waals surface area contributed by atoms with Crippen LogP contribution in [0.3, 0.4) is 0 Å². The van der Waals surface area contributed by atoms with Gasteiger partial charge in [0.2, 0.25) is 0 Å². The summed E-state index contributed by atoms with van der Waals surface area (Å²) in [5.74, 6) is 1.73. The van der Waals surface area contributed by atoms with E-state index in [1.54, 1.807) is 30.9 Å². The van der Waals surface area contributed by atoms with E-state index in [4.69, 9.17) is 0 Å². The van der Waals surface area contributed by atoms with Gasteiger partial charge >= 0.3 is 6.61 Å². The van der Waals surface area contributed by atoms with E-state index in [-0.39, 0.29) is 5.75 Å². The van der Waals surface area contributed by atoms with E-state index in [1.165, 1.54) is 6.07 Å². The van der Waals surface area contributed by atoms with Crippen LogP contribution in [0.2, 0.25) is 0 Å². The fraction of sp³-hybridized carbons (Fsp3) is 0.462. The van der Waals surface area contributed by atoms with E-state index < -0.39 is 6.61 Å². The molecule has 0 aliphatic heterocycles. The minimum atomic E-state index is -2.84. The van der Waals surface area contributed by atoms with E-state index in [0.717, 1.165) is 16.8 Å². The Labute approximate surface area is 135 Å².